The van der Waals surface area contributed by atoms with Gasteiger partial charge in [-0.15, -0.1) is 0 Å². The lowest BCUT2D eigenvalue weighted by Crippen LogP contribution is -2.06. The van der Waals surface area contributed by atoms with Gasteiger partial charge in [-0.2, -0.15) is 9.97 Å². The van der Waals surface area contributed by atoms with E-state index in [9.17, 15) is 4.79 Å². The zero-order valence-corrected chi connectivity index (χ0v) is 15.7. The number of halogens is 1. The summed E-state index contributed by atoms with van der Waals surface area (Å²) in [5.74, 6) is 0.893. The molecule has 0 atom stereocenters. The fourth-order valence-electron chi connectivity index (χ4n) is 2.42. The van der Waals surface area contributed by atoms with E-state index in [-0.39, 0.29) is 25.3 Å². The second-order valence-electron chi connectivity index (χ2n) is 5.93. The van der Waals surface area contributed by atoms with Crippen LogP contribution in [0.4, 0.5) is 0 Å². The number of nitrogens with zero attached hydrogens (tertiary/aromatic N) is 5. The van der Waals surface area contributed by atoms with Crippen LogP contribution in [-0.2, 0) is 22.6 Å². The number of rotatable bonds is 7. The Morgan fingerprint density at radius 3 is 2.45 bits per heavy atom. The van der Waals surface area contributed by atoms with Crippen molar-refractivity contribution in [2.75, 3.05) is 0 Å². The van der Waals surface area contributed by atoms with E-state index in [1.807, 2.05) is 0 Å². The van der Waals surface area contributed by atoms with Crippen LogP contribution in [0, 0.1) is 0 Å². The van der Waals surface area contributed by atoms with Crippen molar-refractivity contribution in [1.29, 1.82) is 0 Å². The molecule has 10 heteroatoms. The molecule has 0 radical (unpaired) electrons. The molecule has 0 aliphatic heterocycles. The summed E-state index contributed by atoms with van der Waals surface area (Å²) in [6, 6.07) is 10.6. The minimum atomic E-state index is -0.447. The maximum atomic E-state index is 12.0. The zero-order chi connectivity index (χ0) is 20.1. The molecule has 29 heavy (non-hydrogen) atoms. The highest BCUT2D eigenvalue weighted by atomic mass is 35.5. The molecule has 9 nitrogen and oxygen atoms in total. The lowest BCUT2D eigenvalue weighted by molar-refractivity contribution is -0.145. The van der Waals surface area contributed by atoms with E-state index in [4.69, 9.17) is 25.4 Å². The van der Waals surface area contributed by atoms with Gasteiger partial charge < -0.3 is 13.8 Å². The Bertz CT molecular complexity index is 1100. The van der Waals surface area contributed by atoms with Crippen LogP contribution in [-0.4, -0.2) is 31.2 Å². The van der Waals surface area contributed by atoms with Gasteiger partial charge in [0.2, 0.25) is 17.5 Å². The fourth-order valence-corrected chi connectivity index (χ4v) is 2.55. The second-order valence-corrected chi connectivity index (χ2v) is 6.37. The van der Waals surface area contributed by atoms with Gasteiger partial charge in [-0.05, 0) is 36.4 Å². The number of benzene rings is 1. The number of pyridine rings is 1. The summed E-state index contributed by atoms with van der Waals surface area (Å²) in [5.41, 5.74) is 1.48. The number of hydrogen-bond acceptors (Lipinski definition) is 9. The molecule has 0 aliphatic rings. The lowest BCUT2D eigenvalue weighted by atomic mass is 10.2. The van der Waals surface area contributed by atoms with Gasteiger partial charge in [0.15, 0.2) is 6.61 Å². The van der Waals surface area contributed by atoms with E-state index in [0.717, 1.165) is 5.56 Å². The van der Waals surface area contributed by atoms with Crippen molar-refractivity contribution in [3.05, 3.63) is 65.6 Å². The Morgan fingerprint density at radius 1 is 0.966 bits per heavy atom. The van der Waals surface area contributed by atoms with Crippen LogP contribution in [0.2, 0.25) is 5.02 Å². The molecule has 146 valence electrons. The summed E-state index contributed by atoms with van der Waals surface area (Å²) in [6.07, 6.45) is 3.59. The third-order valence-electron chi connectivity index (χ3n) is 3.86. The second kappa shape index (κ2) is 8.61. The van der Waals surface area contributed by atoms with Gasteiger partial charge >= 0.3 is 5.97 Å². The Labute approximate surface area is 169 Å². The molecule has 1 aromatic carbocycles. The fraction of sp³-hybridized carbons (Fsp3) is 0.158. The maximum absolute atomic E-state index is 12.0. The maximum Gasteiger partial charge on any atom is 0.306 e. The van der Waals surface area contributed by atoms with Crippen LogP contribution in [0.25, 0.3) is 22.8 Å². The van der Waals surface area contributed by atoms with Crippen molar-refractivity contribution in [3.63, 3.8) is 0 Å². The monoisotopic (exact) mass is 411 g/mol. The number of aromatic nitrogens is 5. The topological polar surface area (TPSA) is 117 Å². The molecule has 4 rings (SSSR count). The molecule has 0 N–H and O–H groups in total. The lowest BCUT2D eigenvalue weighted by Gasteiger charge is -1.99. The van der Waals surface area contributed by atoms with E-state index < -0.39 is 5.97 Å². The van der Waals surface area contributed by atoms with Crippen molar-refractivity contribution in [2.24, 2.45) is 0 Å². The molecule has 0 saturated heterocycles. The standard InChI is InChI=1S/C19H14ClN5O4/c20-14-5-3-12(4-6-14)18-22-15(28-24-18)7-8-17(26)27-11-16-23-19(25-29-16)13-2-1-9-21-10-13/h1-6,9-10H,7-8,11H2. The molecule has 0 bridgehead atoms. The molecular weight excluding hydrogens is 398 g/mol. The van der Waals surface area contributed by atoms with E-state index in [2.05, 4.69) is 25.3 Å². The van der Waals surface area contributed by atoms with Gasteiger partial charge in [-0.25, -0.2) is 0 Å². The van der Waals surface area contributed by atoms with E-state index >= 15 is 0 Å². The Hall–Kier alpha value is -3.59. The van der Waals surface area contributed by atoms with E-state index in [1.54, 1.807) is 48.8 Å². The SMILES string of the molecule is O=C(CCc1nc(-c2ccc(Cl)cc2)no1)OCc1nc(-c2cccnc2)no1. The zero-order valence-electron chi connectivity index (χ0n) is 15.0. The van der Waals surface area contributed by atoms with Crippen LogP contribution in [0.1, 0.15) is 18.2 Å². The van der Waals surface area contributed by atoms with Crippen molar-refractivity contribution in [2.45, 2.75) is 19.4 Å². The van der Waals surface area contributed by atoms with Crippen molar-refractivity contribution < 1.29 is 18.6 Å². The first-order chi connectivity index (χ1) is 14.2. The Morgan fingerprint density at radius 2 is 1.69 bits per heavy atom. The highest BCUT2D eigenvalue weighted by molar-refractivity contribution is 6.30. The summed E-state index contributed by atoms with van der Waals surface area (Å²) < 4.78 is 15.4. The molecule has 4 aromatic rings. The first-order valence-electron chi connectivity index (χ1n) is 8.64. The van der Waals surface area contributed by atoms with Gasteiger partial charge in [-0.3, -0.25) is 9.78 Å². The van der Waals surface area contributed by atoms with Gasteiger partial charge in [0.1, 0.15) is 0 Å². The Kier molecular flexibility index (Phi) is 5.57. The first kappa shape index (κ1) is 18.8. The summed E-state index contributed by atoms with van der Waals surface area (Å²) in [4.78, 5) is 24.4. The summed E-state index contributed by atoms with van der Waals surface area (Å²) in [6.45, 7) is -0.119. The van der Waals surface area contributed by atoms with Crippen LogP contribution >= 0.6 is 11.6 Å². The average molecular weight is 412 g/mol. The van der Waals surface area contributed by atoms with Gasteiger partial charge in [0.25, 0.3) is 5.89 Å². The number of carbonyl (C=O) groups is 1. The normalized spacial score (nSPS) is 10.8. The van der Waals surface area contributed by atoms with Crippen LogP contribution in [0.15, 0.2) is 57.8 Å². The smallest absolute Gasteiger partial charge is 0.306 e. The third kappa shape index (κ3) is 4.82. The molecule has 0 amide bonds. The highest BCUT2D eigenvalue weighted by Gasteiger charge is 2.14. The Balaban J connectivity index is 1.27. The summed E-state index contributed by atoms with van der Waals surface area (Å²) in [7, 11) is 0. The predicted octanol–water partition coefficient (Wildman–Crippen LogP) is 3.51. The summed E-state index contributed by atoms with van der Waals surface area (Å²) in [5, 5.41) is 8.35. The molecule has 0 saturated carbocycles. The van der Waals surface area contributed by atoms with Crippen LogP contribution < -0.4 is 0 Å². The number of hydrogen-bond donors (Lipinski definition) is 0. The quantitative estimate of drug-likeness (QED) is 0.421. The number of esters is 1. The minimum absolute atomic E-state index is 0.0752. The molecular formula is C19H14ClN5O4. The third-order valence-corrected chi connectivity index (χ3v) is 4.11. The molecule has 0 spiro atoms. The first-order valence-corrected chi connectivity index (χ1v) is 9.02. The van der Waals surface area contributed by atoms with Crippen LogP contribution in [0.3, 0.4) is 0 Å². The van der Waals surface area contributed by atoms with E-state index in [1.165, 1.54) is 0 Å². The molecule has 3 heterocycles. The predicted molar refractivity (Wildman–Crippen MR) is 100 cm³/mol. The number of ether oxygens (including phenoxy) is 1. The average Bonchev–Trinajstić information content (AvgIpc) is 3.42. The molecule has 3 aromatic heterocycles. The highest BCUT2D eigenvalue weighted by Crippen LogP contribution is 2.19. The molecule has 0 unspecified atom stereocenters. The van der Waals surface area contributed by atoms with Gasteiger partial charge in [0.05, 0.1) is 6.42 Å². The number of aryl methyl sites for hydroxylation is 1. The van der Waals surface area contributed by atoms with Crippen molar-refractivity contribution in [1.82, 2.24) is 25.3 Å². The summed E-state index contributed by atoms with van der Waals surface area (Å²) >= 11 is 5.86. The number of carbonyl (C=O) groups excluding carboxylic acids is 1. The molecule has 0 fully saturated rings. The van der Waals surface area contributed by atoms with Crippen LogP contribution in [0.5, 0.6) is 0 Å². The van der Waals surface area contributed by atoms with Gasteiger partial charge in [0, 0.05) is 35.0 Å². The van der Waals surface area contributed by atoms with Crippen molar-refractivity contribution >= 4 is 17.6 Å². The largest absolute Gasteiger partial charge is 0.456 e. The van der Waals surface area contributed by atoms with Crippen molar-refractivity contribution in [3.8, 4) is 22.8 Å². The van der Waals surface area contributed by atoms with E-state index in [0.29, 0.717) is 28.1 Å². The molecule has 0 aliphatic carbocycles. The van der Waals surface area contributed by atoms with Gasteiger partial charge in [-0.1, -0.05) is 21.9 Å². The minimum Gasteiger partial charge on any atom is -0.456 e.